The average molecular weight is 341 g/mol. The molecule has 0 radical (unpaired) electrons. The maximum atomic E-state index is 12.2. The third-order valence-corrected chi connectivity index (χ3v) is 4.47. The van der Waals surface area contributed by atoms with E-state index in [4.69, 9.17) is 4.74 Å². The molecule has 0 saturated carbocycles. The number of ether oxygens (including phenoxy) is 1. The second kappa shape index (κ2) is 7.30. The predicted octanol–water partition coefficient (Wildman–Crippen LogP) is 4.20. The van der Waals surface area contributed by atoms with Crippen molar-refractivity contribution in [3.8, 4) is 11.4 Å². The summed E-state index contributed by atoms with van der Waals surface area (Å²) in [4.78, 5) is 18.5. The molecule has 25 heavy (non-hydrogen) atoms. The first-order valence-corrected chi connectivity index (χ1v) is 8.97. The van der Waals surface area contributed by atoms with Crippen LogP contribution in [0, 0.1) is 5.92 Å². The average Bonchev–Trinajstić information content (AvgIpc) is 3.03. The van der Waals surface area contributed by atoms with Crippen molar-refractivity contribution in [2.24, 2.45) is 5.92 Å². The second-order valence-electron chi connectivity index (χ2n) is 7.68. The molecule has 5 heteroatoms. The highest BCUT2D eigenvalue weighted by molar-refractivity contribution is 5.68. The standard InChI is InChI=1S/C20H27N3O2/c1-20(2,3)25-19(24)22-12-9-16(10-13-22)15-23-14-11-21-18(23)17-7-5-4-6-8-17/h4-8,11,14,16H,9-10,12-13,15H2,1-3H3. The van der Waals surface area contributed by atoms with Crippen LogP contribution in [-0.4, -0.2) is 39.2 Å². The lowest BCUT2D eigenvalue weighted by Crippen LogP contribution is -2.42. The van der Waals surface area contributed by atoms with E-state index in [1.807, 2.05) is 56.3 Å². The van der Waals surface area contributed by atoms with E-state index < -0.39 is 5.60 Å². The van der Waals surface area contributed by atoms with Crippen molar-refractivity contribution < 1.29 is 9.53 Å². The van der Waals surface area contributed by atoms with Crippen LogP contribution in [0.25, 0.3) is 11.4 Å². The van der Waals surface area contributed by atoms with E-state index in [0.717, 1.165) is 43.9 Å². The zero-order chi connectivity index (χ0) is 17.9. The highest BCUT2D eigenvalue weighted by Crippen LogP contribution is 2.24. The fourth-order valence-electron chi connectivity index (χ4n) is 3.21. The van der Waals surface area contributed by atoms with E-state index in [2.05, 4.69) is 21.7 Å². The Morgan fingerprint density at radius 1 is 1.20 bits per heavy atom. The van der Waals surface area contributed by atoms with Crippen molar-refractivity contribution in [3.63, 3.8) is 0 Å². The van der Waals surface area contributed by atoms with Gasteiger partial charge in [-0.05, 0) is 39.5 Å². The summed E-state index contributed by atoms with van der Waals surface area (Å²) in [6, 6.07) is 10.3. The lowest BCUT2D eigenvalue weighted by Gasteiger charge is -2.33. The number of imidazole rings is 1. The normalized spacial score (nSPS) is 16.0. The minimum absolute atomic E-state index is 0.196. The van der Waals surface area contributed by atoms with Gasteiger partial charge >= 0.3 is 6.09 Å². The molecule has 0 N–H and O–H groups in total. The Kier molecular flexibility index (Phi) is 5.11. The van der Waals surface area contributed by atoms with Crippen molar-refractivity contribution in [1.82, 2.24) is 14.5 Å². The predicted molar refractivity (Wildman–Crippen MR) is 98.2 cm³/mol. The van der Waals surface area contributed by atoms with Gasteiger partial charge in [0, 0.05) is 37.6 Å². The molecule has 1 aromatic carbocycles. The summed E-state index contributed by atoms with van der Waals surface area (Å²) < 4.78 is 7.69. The van der Waals surface area contributed by atoms with Gasteiger partial charge in [-0.15, -0.1) is 0 Å². The van der Waals surface area contributed by atoms with Gasteiger partial charge in [-0.25, -0.2) is 9.78 Å². The molecule has 1 aliphatic rings. The zero-order valence-corrected chi connectivity index (χ0v) is 15.3. The van der Waals surface area contributed by atoms with E-state index in [1.165, 1.54) is 0 Å². The van der Waals surface area contributed by atoms with Crippen molar-refractivity contribution in [3.05, 3.63) is 42.7 Å². The first-order valence-electron chi connectivity index (χ1n) is 8.97. The lowest BCUT2D eigenvalue weighted by molar-refractivity contribution is 0.0178. The second-order valence-corrected chi connectivity index (χ2v) is 7.68. The van der Waals surface area contributed by atoms with Crippen LogP contribution in [0.1, 0.15) is 33.6 Å². The van der Waals surface area contributed by atoms with E-state index in [0.29, 0.717) is 5.92 Å². The van der Waals surface area contributed by atoms with Crippen LogP contribution in [0.5, 0.6) is 0 Å². The molecule has 1 amide bonds. The molecule has 0 atom stereocenters. The number of piperidine rings is 1. The number of nitrogens with zero attached hydrogens (tertiary/aromatic N) is 3. The number of rotatable bonds is 3. The van der Waals surface area contributed by atoms with E-state index in [9.17, 15) is 4.79 Å². The molecule has 3 rings (SSSR count). The molecule has 0 spiro atoms. The highest BCUT2D eigenvalue weighted by atomic mass is 16.6. The summed E-state index contributed by atoms with van der Waals surface area (Å²) >= 11 is 0. The molecule has 1 fully saturated rings. The first-order chi connectivity index (χ1) is 11.9. The minimum atomic E-state index is -0.435. The third kappa shape index (κ3) is 4.62. The third-order valence-electron chi connectivity index (χ3n) is 4.47. The molecule has 0 aliphatic carbocycles. The molecule has 0 bridgehead atoms. The van der Waals surface area contributed by atoms with Crippen molar-refractivity contribution in [2.45, 2.75) is 45.8 Å². The summed E-state index contributed by atoms with van der Waals surface area (Å²) in [7, 11) is 0. The van der Waals surface area contributed by atoms with Crippen LogP contribution in [0.2, 0.25) is 0 Å². The Morgan fingerprint density at radius 2 is 1.88 bits per heavy atom. The Bertz CT molecular complexity index is 695. The van der Waals surface area contributed by atoms with Gasteiger partial charge in [-0.1, -0.05) is 30.3 Å². The summed E-state index contributed by atoms with van der Waals surface area (Å²) in [5.41, 5.74) is 0.702. The Hall–Kier alpha value is -2.30. The summed E-state index contributed by atoms with van der Waals surface area (Å²) in [5, 5.41) is 0. The van der Waals surface area contributed by atoms with Crippen molar-refractivity contribution in [2.75, 3.05) is 13.1 Å². The van der Waals surface area contributed by atoms with Crippen molar-refractivity contribution in [1.29, 1.82) is 0 Å². The zero-order valence-electron chi connectivity index (χ0n) is 15.3. The van der Waals surface area contributed by atoms with Crippen LogP contribution >= 0.6 is 0 Å². The molecule has 1 aliphatic heterocycles. The number of carbonyl (C=O) groups is 1. The number of hydrogen-bond acceptors (Lipinski definition) is 3. The largest absolute Gasteiger partial charge is 0.444 e. The van der Waals surface area contributed by atoms with Gasteiger partial charge in [0.1, 0.15) is 11.4 Å². The Labute approximate surface area is 149 Å². The molecule has 1 aromatic heterocycles. The molecule has 5 nitrogen and oxygen atoms in total. The topological polar surface area (TPSA) is 47.4 Å². The molecular formula is C20H27N3O2. The molecule has 2 heterocycles. The van der Waals surface area contributed by atoms with E-state index in [-0.39, 0.29) is 6.09 Å². The maximum absolute atomic E-state index is 12.2. The summed E-state index contributed by atoms with van der Waals surface area (Å²) in [6.07, 6.45) is 5.69. The number of hydrogen-bond donors (Lipinski definition) is 0. The Balaban J connectivity index is 1.57. The molecule has 2 aromatic rings. The number of carbonyl (C=O) groups excluding carboxylic acids is 1. The fourth-order valence-corrected chi connectivity index (χ4v) is 3.21. The van der Waals surface area contributed by atoms with Crippen molar-refractivity contribution >= 4 is 6.09 Å². The SMILES string of the molecule is CC(C)(C)OC(=O)N1CCC(Cn2ccnc2-c2ccccc2)CC1. The van der Waals surface area contributed by atoms with E-state index in [1.54, 1.807) is 0 Å². The number of benzene rings is 1. The van der Waals surface area contributed by atoms with Gasteiger partial charge in [-0.2, -0.15) is 0 Å². The summed E-state index contributed by atoms with van der Waals surface area (Å²) in [6.45, 7) is 8.17. The molecular weight excluding hydrogens is 314 g/mol. The molecule has 0 unspecified atom stereocenters. The monoisotopic (exact) mass is 341 g/mol. The maximum Gasteiger partial charge on any atom is 0.410 e. The fraction of sp³-hybridized carbons (Fsp3) is 0.500. The van der Waals surface area contributed by atoms with E-state index >= 15 is 0 Å². The van der Waals surface area contributed by atoms with Gasteiger partial charge in [-0.3, -0.25) is 0 Å². The highest BCUT2D eigenvalue weighted by Gasteiger charge is 2.27. The van der Waals surface area contributed by atoms with Crippen LogP contribution in [0.3, 0.4) is 0 Å². The summed E-state index contributed by atoms with van der Waals surface area (Å²) in [5.74, 6) is 1.56. The van der Waals surface area contributed by atoms with Gasteiger partial charge in [0.2, 0.25) is 0 Å². The molecule has 134 valence electrons. The number of amides is 1. The van der Waals surface area contributed by atoms with Crippen LogP contribution in [-0.2, 0) is 11.3 Å². The Morgan fingerprint density at radius 3 is 2.52 bits per heavy atom. The van der Waals surface area contributed by atoms with Crippen LogP contribution < -0.4 is 0 Å². The quantitative estimate of drug-likeness (QED) is 0.841. The van der Waals surface area contributed by atoms with Gasteiger partial charge < -0.3 is 14.2 Å². The van der Waals surface area contributed by atoms with Gasteiger partial charge in [0.15, 0.2) is 0 Å². The number of likely N-dealkylation sites (tertiary alicyclic amines) is 1. The smallest absolute Gasteiger partial charge is 0.410 e. The number of aromatic nitrogens is 2. The van der Waals surface area contributed by atoms with Gasteiger partial charge in [0.05, 0.1) is 0 Å². The molecule has 1 saturated heterocycles. The van der Waals surface area contributed by atoms with Crippen LogP contribution in [0.15, 0.2) is 42.7 Å². The minimum Gasteiger partial charge on any atom is -0.444 e. The first kappa shape index (κ1) is 17.5. The van der Waals surface area contributed by atoms with Gasteiger partial charge in [0.25, 0.3) is 0 Å². The van der Waals surface area contributed by atoms with Crippen LogP contribution in [0.4, 0.5) is 4.79 Å². The lowest BCUT2D eigenvalue weighted by atomic mass is 9.97.